The Balaban J connectivity index is 1.86. The van der Waals surface area contributed by atoms with Crippen molar-refractivity contribution >= 4 is 21.0 Å². The molecule has 0 spiro atoms. The third kappa shape index (κ3) is 3.52. The molecule has 0 fully saturated rings. The first kappa shape index (κ1) is 15.1. The van der Waals surface area contributed by atoms with Gasteiger partial charge in [-0.25, -0.2) is 0 Å². The number of benzene rings is 2. The average Bonchev–Trinajstić information content (AvgIpc) is 2.90. The number of hydrogen-bond donors (Lipinski definition) is 1. The molecule has 1 N–H and O–H groups in total. The van der Waals surface area contributed by atoms with Crippen molar-refractivity contribution in [1.82, 2.24) is 4.98 Å². The quantitative estimate of drug-likeness (QED) is 0.730. The number of para-hydroxylation sites is 1. The number of nitriles is 1. The summed E-state index contributed by atoms with van der Waals surface area (Å²) in [6.45, 7) is 0. The van der Waals surface area contributed by atoms with Crippen LogP contribution in [0, 0.1) is 11.3 Å². The number of nitrogens with one attached hydrogen (secondary N) is 1. The van der Waals surface area contributed by atoms with E-state index in [-0.39, 0.29) is 12.2 Å². The molecule has 0 aliphatic heterocycles. The van der Waals surface area contributed by atoms with Gasteiger partial charge in [-0.3, -0.25) is 0 Å². The third-order valence-electron chi connectivity index (χ3n) is 3.41. The molecule has 0 saturated carbocycles. The summed E-state index contributed by atoms with van der Waals surface area (Å²) in [6.07, 6.45) is 2.04. The van der Waals surface area contributed by atoms with Crippen molar-refractivity contribution < 1.29 is 12.6 Å². The molecule has 0 aliphatic carbocycles. The first-order valence-electron chi connectivity index (χ1n) is 7.00. The second-order valence-corrected chi connectivity index (χ2v) is 6.70. The van der Waals surface area contributed by atoms with Crippen molar-refractivity contribution in [3.63, 3.8) is 0 Å². The van der Waals surface area contributed by atoms with E-state index in [1.54, 1.807) is 48.7 Å². The van der Waals surface area contributed by atoms with E-state index in [2.05, 4.69) is 11.1 Å². The van der Waals surface area contributed by atoms with Crippen molar-refractivity contribution in [3.05, 3.63) is 65.9 Å². The van der Waals surface area contributed by atoms with Gasteiger partial charge in [0.2, 0.25) is 0 Å². The Labute approximate surface area is 134 Å². The minimum absolute atomic E-state index is 0.227. The maximum Gasteiger partial charge on any atom is 0.313 e. The van der Waals surface area contributed by atoms with Gasteiger partial charge < -0.3 is 9.17 Å². The van der Waals surface area contributed by atoms with E-state index in [0.717, 1.165) is 16.5 Å². The zero-order valence-electron chi connectivity index (χ0n) is 12.2. The molecule has 0 radical (unpaired) electrons. The molecule has 23 heavy (non-hydrogen) atoms. The predicted molar refractivity (Wildman–Crippen MR) is 87.3 cm³/mol. The van der Waals surface area contributed by atoms with Crippen LogP contribution in [0.15, 0.2) is 54.7 Å². The Morgan fingerprint density at radius 2 is 1.91 bits per heavy atom. The zero-order chi connectivity index (χ0) is 16.3. The van der Waals surface area contributed by atoms with Crippen LogP contribution in [-0.4, -0.2) is 13.4 Å². The summed E-state index contributed by atoms with van der Waals surface area (Å²) in [4.78, 5) is 3.07. The molecule has 0 atom stereocenters. The molecule has 3 rings (SSSR count). The average molecular weight is 326 g/mol. The van der Waals surface area contributed by atoms with Crippen LogP contribution in [0.2, 0.25) is 0 Å². The van der Waals surface area contributed by atoms with E-state index in [0.29, 0.717) is 11.3 Å². The van der Waals surface area contributed by atoms with Gasteiger partial charge in [-0.1, -0.05) is 24.3 Å². The summed E-state index contributed by atoms with van der Waals surface area (Å²) in [5.74, 6) is 0.0649. The van der Waals surface area contributed by atoms with E-state index in [1.807, 2.05) is 6.07 Å². The van der Waals surface area contributed by atoms with E-state index < -0.39 is 10.1 Å². The molecule has 3 aromatic rings. The SMILES string of the molecule is N#CCc1c[nH]c2ccc(CS(=O)(=O)Oc3ccccc3)cc12. The molecule has 1 aromatic heterocycles. The molecule has 0 unspecified atom stereocenters. The monoisotopic (exact) mass is 326 g/mol. The maximum absolute atomic E-state index is 12.2. The fraction of sp³-hybridized carbons (Fsp3) is 0.118. The van der Waals surface area contributed by atoms with Gasteiger partial charge in [-0.15, -0.1) is 0 Å². The Morgan fingerprint density at radius 3 is 2.65 bits per heavy atom. The standard InChI is InChI=1S/C17H14N2O3S/c18-9-8-14-11-19-17-7-6-13(10-16(14)17)12-23(20,21)22-15-4-2-1-3-5-15/h1-7,10-11,19H,8,12H2. The van der Waals surface area contributed by atoms with Crippen LogP contribution >= 0.6 is 0 Å². The number of fused-ring (bicyclic) bond motifs is 1. The van der Waals surface area contributed by atoms with Crippen LogP contribution in [0.5, 0.6) is 5.75 Å². The number of rotatable bonds is 5. The predicted octanol–water partition coefficient (Wildman–Crippen LogP) is 3.14. The van der Waals surface area contributed by atoms with E-state index >= 15 is 0 Å². The number of H-pyrrole nitrogens is 1. The molecular weight excluding hydrogens is 312 g/mol. The fourth-order valence-corrected chi connectivity index (χ4v) is 3.45. The lowest BCUT2D eigenvalue weighted by Gasteiger charge is -2.07. The summed E-state index contributed by atoms with van der Waals surface area (Å²) < 4.78 is 29.4. The Bertz CT molecular complexity index is 970. The van der Waals surface area contributed by atoms with Gasteiger partial charge in [-0.2, -0.15) is 13.7 Å². The lowest BCUT2D eigenvalue weighted by Crippen LogP contribution is -2.12. The Hall–Kier alpha value is -2.78. The van der Waals surface area contributed by atoms with Crippen LogP contribution in [0.25, 0.3) is 10.9 Å². The van der Waals surface area contributed by atoms with E-state index in [1.165, 1.54) is 0 Å². The second kappa shape index (κ2) is 6.15. The van der Waals surface area contributed by atoms with Crippen molar-refractivity contribution in [1.29, 1.82) is 5.26 Å². The summed E-state index contributed by atoms with van der Waals surface area (Å²) in [5.41, 5.74) is 2.35. The summed E-state index contributed by atoms with van der Waals surface area (Å²) in [7, 11) is -3.74. The Morgan fingerprint density at radius 1 is 1.13 bits per heavy atom. The molecule has 5 nitrogen and oxygen atoms in total. The normalized spacial score (nSPS) is 11.3. The van der Waals surface area contributed by atoms with Gasteiger partial charge in [0.15, 0.2) is 0 Å². The first-order chi connectivity index (χ1) is 11.1. The number of aromatic amines is 1. The minimum Gasteiger partial charge on any atom is -0.382 e. The topological polar surface area (TPSA) is 83.0 Å². The second-order valence-electron chi connectivity index (χ2n) is 5.13. The van der Waals surface area contributed by atoms with Crippen molar-refractivity contribution in [3.8, 4) is 11.8 Å². The van der Waals surface area contributed by atoms with E-state index in [9.17, 15) is 8.42 Å². The largest absolute Gasteiger partial charge is 0.382 e. The molecule has 116 valence electrons. The summed E-state index contributed by atoms with van der Waals surface area (Å²) in [6, 6.07) is 15.8. The van der Waals surface area contributed by atoms with Crippen molar-refractivity contribution in [2.45, 2.75) is 12.2 Å². The highest BCUT2D eigenvalue weighted by Gasteiger charge is 2.15. The van der Waals surface area contributed by atoms with E-state index in [4.69, 9.17) is 9.44 Å². The molecule has 0 aliphatic rings. The first-order valence-corrected chi connectivity index (χ1v) is 8.58. The molecule has 1 heterocycles. The van der Waals surface area contributed by atoms with Gasteiger partial charge in [0.1, 0.15) is 11.5 Å². The maximum atomic E-state index is 12.2. The molecular formula is C17H14N2O3S. The number of aromatic nitrogens is 1. The molecule has 0 bridgehead atoms. The summed E-state index contributed by atoms with van der Waals surface area (Å²) >= 11 is 0. The van der Waals surface area contributed by atoms with Gasteiger partial charge in [0.05, 0.1) is 12.5 Å². The lowest BCUT2D eigenvalue weighted by molar-refractivity contribution is 0.485. The molecule has 0 saturated heterocycles. The van der Waals surface area contributed by atoms with Crippen molar-refractivity contribution in [2.24, 2.45) is 0 Å². The van der Waals surface area contributed by atoms with Crippen LogP contribution in [0.1, 0.15) is 11.1 Å². The molecule has 0 amide bonds. The van der Waals surface area contributed by atoms with Gasteiger partial charge >= 0.3 is 10.1 Å². The molecule has 6 heteroatoms. The van der Waals surface area contributed by atoms with Crippen LogP contribution < -0.4 is 4.18 Å². The smallest absolute Gasteiger partial charge is 0.313 e. The fourth-order valence-electron chi connectivity index (χ4n) is 2.40. The van der Waals surface area contributed by atoms with Gasteiger partial charge in [0, 0.05) is 17.1 Å². The highest BCUT2D eigenvalue weighted by Crippen LogP contribution is 2.22. The highest BCUT2D eigenvalue weighted by molar-refractivity contribution is 7.86. The van der Waals surface area contributed by atoms with Gasteiger partial charge in [-0.05, 0) is 35.4 Å². The van der Waals surface area contributed by atoms with Crippen LogP contribution in [-0.2, 0) is 22.3 Å². The Kier molecular flexibility index (Phi) is 4.04. The van der Waals surface area contributed by atoms with Gasteiger partial charge in [0.25, 0.3) is 0 Å². The summed E-state index contributed by atoms with van der Waals surface area (Å²) in [5, 5.41) is 9.70. The van der Waals surface area contributed by atoms with Crippen LogP contribution in [0.3, 0.4) is 0 Å². The zero-order valence-corrected chi connectivity index (χ0v) is 13.0. The number of nitrogens with zero attached hydrogens (tertiary/aromatic N) is 1. The lowest BCUT2D eigenvalue weighted by atomic mass is 10.1. The van der Waals surface area contributed by atoms with Crippen LogP contribution in [0.4, 0.5) is 0 Å². The van der Waals surface area contributed by atoms with Crippen molar-refractivity contribution in [2.75, 3.05) is 0 Å². The molecule has 2 aromatic carbocycles. The highest BCUT2D eigenvalue weighted by atomic mass is 32.2. The minimum atomic E-state index is -3.74. The third-order valence-corrected chi connectivity index (χ3v) is 4.54. The number of hydrogen-bond acceptors (Lipinski definition) is 4.